The van der Waals surface area contributed by atoms with Crippen LogP contribution in [-0.4, -0.2) is 15.1 Å². The molecule has 0 aliphatic rings. The fourth-order valence-corrected chi connectivity index (χ4v) is 2.93. The van der Waals surface area contributed by atoms with E-state index in [1.165, 1.54) is 4.88 Å². The summed E-state index contributed by atoms with van der Waals surface area (Å²) in [5.41, 5.74) is 3.96. The Morgan fingerprint density at radius 2 is 2.00 bits per heavy atom. The van der Waals surface area contributed by atoms with E-state index in [-0.39, 0.29) is 0 Å². The van der Waals surface area contributed by atoms with Gasteiger partial charge in [0.15, 0.2) is 0 Å². The summed E-state index contributed by atoms with van der Waals surface area (Å²) < 4.78 is 0. The van der Waals surface area contributed by atoms with Crippen molar-refractivity contribution in [2.24, 2.45) is 0 Å². The highest BCUT2D eigenvalue weighted by Crippen LogP contribution is 2.24. The zero-order valence-electron chi connectivity index (χ0n) is 11.2. The normalized spacial score (nSPS) is 12.7. The first-order valence-corrected chi connectivity index (χ1v) is 6.83. The second-order valence-corrected chi connectivity index (χ2v) is 5.97. The van der Waals surface area contributed by atoms with Gasteiger partial charge < -0.3 is 5.11 Å². The number of nitrogens with zero attached hydrogens (tertiary/aromatic N) is 2. The molecule has 2 rings (SSSR count). The van der Waals surface area contributed by atoms with E-state index in [2.05, 4.69) is 16.9 Å². The Kier molecular flexibility index (Phi) is 3.78. The molecule has 0 aliphatic carbocycles. The second-order valence-electron chi connectivity index (χ2n) is 4.68. The molecular weight excluding hydrogens is 244 g/mol. The molecule has 0 saturated carbocycles. The van der Waals surface area contributed by atoms with Gasteiger partial charge in [0.25, 0.3) is 0 Å². The van der Waals surface area contributed by atoms with Crippen molar-refractivity contribution in [1.29, 1.82) is 0 Å². The summed E-state index contributed by atoms with van der Waals surface area (Å²) in [7, 11) is 0. The fraction of sp³-hybridized carbons (Fsp3) is 0.429. The fourth-order valence-electron chi connectivity index (χ4n) is 1.96. The predicted octanol–water partition coefficient (Wildman–Crippen LogP) is 3.05. The Labute approximate surface area is 112 Å². The number of hydrogen-bond acceptors (Lipinski definition) is 4. The first-order chi connectivity index (χ1) is 8.47. The first kappa shape index (κ1) is 13.2. The Hall–Kier alpha value is -1.26. The summed E-state index contributed by atoms with van der Waals surface area (Å²) in [5.74, 6) is 0. The third-order valence-electron chi connectivity index (χ3n) is 3.01. The average Bonchev–Trinajstić information content (AvgIpc) is 2.57. The number of hydrogen-bond donors (Lipinski definition) is 1. The molecule has 0 spiro atoms. The van der Waals surface area contributed by atoms with Crippen LogP contribution >= 0.6 is 11.3 Å². The van der Waals surface area contributed by atoms with Gasteiger partial charge in [-0.1, -0.05) is 6.07 Å². The monoisotopic (exact) mass is 262 g/mol. The highest BCUT2D eigenvalue weighted by Gasteiger charge is 2.15. The van der Waals surface area contributed by atoms with Gasteiger partial charge in [-0.05, 0) is 38.8 Å². The molecule has 18 heavy (non-hydrogen) atoms. The molecule has 0 radical (unpaired) electrons. The van der Waals surface area contributed by atoms with Crippen LogP contribution < -0.4 is 0 Å². The molecule has 0 aliphatic heterocycles. The molecule has 96 valence electrons. The average molecular weight is 262 g/mol. The van der Waals surface area contributed by atoms with Crippen LogP contribution in [-0.2, 0) is 6.42 Å². The third kappa shape index (κ3) is 2.76. The molecule has 1 unspecified atom stereocenters. The SMILES string of the molecule is Cc1cnc(C(O)Cc2nc(C)c(C)s2)c(C)c1. The van der Waals surface area contributed by atoms with Crippen molar-refractivity contribution in [2.75, 3.05) is 0 Å². The number of thiazole rings is 1. The third-order valence-corrected chi connectivity index (χ3v) is 4.11. The zero-order chi connectivity index (χ0) is 13.3. The van der Waals surface area contributed by atoms with Gasteiger partial charge in [0.05, 0.1) is 16.4 Å². The van der Waals surface area contributed by atoms with Gasteiger partial charge in [0.2, 0.25) is 0 Å². The van der Waals surface area contributed by atoms with E-state index in [0.717, 1.165) is 27.5 Å². The Morgan fingerprint density at radius 3 is 2.56 bits per heavy atom. The van der Waals surface area contributed by atoms with Gasteiger partial charge in [-0.25, -0.2) is 4.98 Å². The lowest BCUT2D eigenvalue weighted by Crippen LogP contribution is -2.06. The molecule has 2 aromatic heterocycles. The highest BCUT2D eigenvalue weighted by atomic mass is 32.1. The molecule has 0 saturated heterocycles. The van der Waals surface area contributed by atoms with Crippen LogP contribution in [0.4, 0.5) is 0 Å². The molecule has 2 aromatic rings. The standard InChI is InChI=1S/C14H18N2OS/c1-8-5-9(2)14(15-7-8)12(17)6-13-16-10(3)11(4)18-13/h5,7,12,17H,6H2,1-4H3. The van der Waals surface area contributed by atoms with Crippen molar-refractivity contribution in [1.82, 2.24) is 9.97 Å². The molecule has 3 nitrogen and oxygen atoms in total. The number of aromatic nitrogens is 2. The van der Waals surface area contributed by atoms with Crippen LogP contribution in [0.5, 0.6) is 0 Å². The van der Waals surface area contributed by atoms with Crippen molar-refractivity contribution >= 4 is 11.3 Å². The summed E-state index contributed by atoms with van der Waals surface area (Å²) in [5, 5.41) is 11.2. The van der Waals surface area contributed by atoms with E-state index < -0.39 is 6.10 Å². The molecular formula is C14H18N2OS. The molecule has 0 bridgehead atoms. The number of rotatable bonds is 3. The zero-order valence-corrected chi connectivity index (χ0v) is 12.0. The minimum atomic E-state index is -0.574. The largest absolute Gasteiger partial charge is 0.386 e. The number of aliphatic hydroxyl groups is 1. The Morgan fingerprint density at radius 1 is 1.28 bits per heavy atom. The maximum absolute atomic E-state index is 10.2. The number of pyridine rings is 1. The van der Waals surface area contributed by atoms with Gasteiger partial charge in [0.1, 0.15) is 6.10 Å². The van der Waals surface area contributed by atoms with E-state index in [9.17, 15) is 5.11 Å². The van der Waals surface area contributed by atoms with Gasteiger partial charge in [-0.15, -0.1) is 11.3 Å². The summed E-state index contributed by atoms with van der Waals surface area (Å²) in [4.78, 5) is 10.00. The molecule has 1 N–H and O–H groups in total. The van der Waals surface area contributed by atoms with Crippen molar-refractivity contribution in [3.8, 4) is 0 Å². The van der Waals surface area contributed by atoms with Gasteiger partial charge in [-0.2, -0.15) is 0 Å². The quantitative estimate of drug-likeness (QED) is 0.924. The molecule has 0 fully saturated rings. The van der Waals surface area contributed by atoms with Crippen molar-refractivity contribution in [3.05, 3.63) is 44.7 Å². The van der Waals surface area contributed by atoms with Gasteiger partial charge >= 0.3 is 0 Å². The lowest BCUT2D eigenvalue weighted by atomic mass is 10.1. The van der Waals surface area contributed by atoms with E-state index >= 15 is 0 Å². The lowest BCUT2D eigenvalue weighted by molar-refractivity contribution is 0.172. The Balaban J connectivity index is 2.19. The number of aryl methyl sites for hydroxylation is 4. The lowest BCUT2D eigenvalue weighted by Gasteiger charge is -2.11. The molecule has 2 heterocycles. The molecule has 0 amide bonds. The molecule has 0 aromatic carbocycles. The maximum atomic E-state index is 10.2. The number of aliphatic hydroxyl groups excluding tert-OH is 1. The van der Waals surface area contributed by atoms with E-state index in [4.69, 9.17) is 0 Å². The highest BCUT2D eigenvalue weighted by molar-refractivity contribution is 7.11. The van der Waals surface area contributed by atoms with Crippen molar-refractivity contribution < 1.29 is 5.11 Å². The van der Waals surface area contributed by atoms with Crippen LogP contribution in [0.15, 0.2) is 12.3 Å². The molecule has 4 heteroatoms. The first-order valence-electron chi connectivity index (χ1n) is 6.01. The predicted molar refractivity (Wildman–Crippen MR) is 74.0 cm³/mol. The molecule has 1 atom stereocenters. The summed E-state index contributed by atoms with van der Waals surface area (Å²) in [6.45, 7) is 8.04. The summed E-state index contributed by atoms with van der Waals surface area (Å²) in [6, 6.07) is 2.05. The van der Waals surface area contributed by atoms with Crippen LogP contribution in [0.3, 0.4) is 0 Å². The van der Waals surface area contributed by atoms with Crippen LogP contribution in [0.25, 0.3) is 0 Å². The van der Waals surface area contributed by atoms with E-state index in [1.54, 1.807) is 17.5 Å². The minimum Gasteiger partial charge on any atom is -0.386 e. The maximum Gasteiger partial charge on any atom is 0.103 e. The van der Waals surface area contributed by atoms with Crippen LogP contribution in [0.1, 0.15) is 38.5 Å². The summed E-state index contributed by atoms with van der Waals surface area (Å²) in [6.07, 6.45) is 1.76. The second kappa shape index (κ2) is 5.16. The van der Waals surface area contributed by atoms with E-state index in [0.29, 0.717) is 6.42 Å². The smallest absolute Gasteiger partial charge is 0.103 e. The van der Waals surface area contributed by atoms with Gasteiger partial charge in [-0.3, -0.25) is 4.98 Å². The van der Waals surface area contributed by atoms with Gasteiger partial charge in [0, 0.05) is 17.5 Å². The van der Waals surface area contributed by atoms with Crippen molar-refractivity contribution in [2.45, 2.75) is 40.2 Å². The van der Waals surface area contributed by atoms with E-state index in [1.807, 2.05) is 26.8 Å². The topological polar surface area (TPSA) is 46.0 Å². The Bertz CT molecular complexity index is 543. The van der Waals surface area contributed by atoms with Crippen LogP contribution in [0, 0.1) is 27.7 Å². The van der Waals surface area contributed by atoms with Crippen molar-refractivity contribution in [3.63, 3.8) is 0 Å². The minimum absolute atomic E-state index is 0.538. The summed E-state index contributed by atoms with van der Waals surface area (Å²) >= 11 is 1.65. The van der Waals surface area contributed by atoms with Crippen LogP contribution in [0.2, 0.25) is 0 Å².